The zero-order valence-corrected chi connectivity index (χ0v) is 12.6. The minimum Gasteiger partial charge on any atom is -0.506 e. The minimum absolute atomic E-state index is 0.126. The third-order valence-corrected chi connectivity index (χ3v) is 3.77. The van der Waals surface area contributed by atoms with Crippen LogP contribution >= 0.6 is 11.6 Å². The van der Waals surface area contributed by atoms with Crippen molar-refractivity contribution in [2.45, 2.75) is 25.4 Å². The van der Waals surface area contributed by atoms with Gasteiger partial charge in [-0.25, -0.2) is 0 Å². The van der Waals surface area contributed by atoms with Crippen LogP contribution in [0.15, 0.2) is 48.5 Å². The van der Waals surface area contributed by atoms with Crippen molar-refractivity contribution in [2.24, 2.45) is 0 Å². The number of nitrogens with one attached hydrogen (secondary N) is 1. The van der Waals surface area contributed by atoms with Gasteiger partial charge in [0.25, 0.3) is 0 Å². The van der Waals surface area contributed by atoms with Crippen LogP contribution in [0, 0.1) is 0 Å². The Morgan fingerprint density at radius 3 is 2.52 bits per heavy atom. The van der Waals surface area contributed by atoms with Crippen LogP contribution in [0.1, 0.15) is 30.0 Å². The minimum atomic E-state index is 0.126. The number of aliphatic hydroxyl groups is 1. The van der Waals surface area contributed by atoms with Gasteiger partial charge in [0.2, 0.25) is 0 Å². The van der Waals surface area contributed by atoms with Crippen molar-refractivity contribution in [1.82, 2.24) is 5.32 Å². The van der Waals surface area contributed by atoms with E-state index < -0.39 is 0 Å². The van der Waals surface area contributed by atoms with Crippen LogP contribution in [0.3, 0.4) is 0 Å². The number of halogens is 1. The first kappa shape index (κ1) is 15.8. The summed E-state index contributed by atoms with van der Waals surface area (Å²) in [5.41, 5.74) is 1.94. The molecular weight excluding hydrogens is 286 g/mol. The molecule has 0 aliphatic carbocycles. The number of hydrogen-bond donors (Lipinski definition) is 3. The predicted molar refractivity (Wildman–Crippen MR) is 85.5 cm³/mol. The first-order valence-electron chi connectivity index (χ1n) is 7.08. The van der Waals surface area contributed by atoms with E-state index in [1.165, 1.54) is 5.56 Å². The first-order chi connectivity index (χ1) is 10.2. The molecule has 3 N–H and O–H groups in total. The average molecular weight is 306 g/mol. The van der Waals surface area contributed by atoms with Crippen LogP contribution in [0.25, 0.3) is 0 Å². The molecule has 0 radical (unpaired) electrons. The number of para-hydroxylation sites is 1. The summed E-state index contributed by atoms with van der Waals surface area (Å²) in [6.07, 6.45) is 1.57. The van der Waals surface area contributed by atoms with E-state index in [-0.39, 0.29) is 18.4 Å². The van der Waals surface area contributed by atoms with Crippen LogP contribution < -0.4 is 5.32 Å². The van der Waals surface area contributed by atoms with Crippen molar-refractivity contribution in [3.05, 3.63) is 64.7 Å². The molecule has 2 aromatic carbocycles. The lowest BCUT2D eigenvalue weighted by atomic mass is 10.0. The third kappa shape index (κ3) is 4.46. The van der Waals surface area contributed by atoms with Gasteiger partial charge in [0.1, 0.15) is 5.75 Å². The third-order valence-electron chi connectivity index (χ3n) is 3.46. The summed E-state index contributed by atoms with van der Waals surface area (Å²) in [7, 11) is 0. The second kappa shape index (κ2) is 8.03. The molecule has 1 unspecified atom stereocenters. The Labute approximate surface area is 130 Å². The average Bonchev–Trinajstić information content (AvgIpc) is 2.52. The number of phenolic OH excluding ortho intramolecular Hbond substituents is 1. The van der Waals surface area contributed by atoms with Crippen molar-refractivity contribution < 1.29 is 10.2 Å². The molecule has 4 heteroatoms. The highest BCUT2D eigenvalue weighted by Crippen LogP contribution is 2.27. The summed E-state index contributed by atoms with van der Waals surface area (Å²) in [5, 5.41) is 22.8. The second-order valence-electron chi connectivity index (χ2n) is 4.96. The van der Waals surface area contributed by atoms with Gasteiger partial charge in [-0.2, -0.15) is 0 Å². The fourth-order valence-electron chi connectivity index (χ4n) is 2.30. The predicted octanol–water partition coefficient (Wildman–Crippen LogP) is 3.65. The largest absolute Gasteiger partial charge is 0.506 e. The standard InChI is InChI=1S/C17H20ClNO2/c18-15-9-4-8-14(17(15)21)12-19-16(10-5-11-20)13-6-2-1-3-7-13/h1-4,6-9,16,19-21H,5,10-12H2. The summed E-state index contributed by atoms with van der Waals surface area (Å²) < 4.78 is 0. The van der Waals surface area contributed by atoms with Gasteiger partial charge in [0, 0.05) is 24.8 Å². The molecule has 0 spiro atoms. The molecule has 0 saturated heterocycles. The van der Waals surface area contributed by atoms with Gasteiger partial charge in [-0.1, -0.05) is 54.1 Å². The van der Waals surface area contributed by atoms with Crippen molar-refractivity contribution in [3.8, 4) is 5.75 Å². The van der Waals surface area contributed by atoms with E-state index in [0.29, 0.717) is 11.6 Å². The second-order valence-corrected chi connectivity index (χ2v) is 5.36. The fraction of sp³-hybridized carbons (Fsp3) is 0.294. The van der Waals surface area contributed by atoms with E-state index in [2.05, 4.69) is 17.4 Å². The highest BCUT2D eigenvalue weighted by molar-refractivity contribution is 6.32. The van der Waals surface area contributed by atoms with E-state index >= 15 is 0 Å². The Kier molecular flexibility index (Phi) is 6.05. The molecule has 21 heavy (non-hydrogen) atoms. The van der Waals surface area contributed by atoms with E-state index in [4.69, 9.17) is 16.7 Å². The molecule has 2 rings (SSSR count). The lowest BCUT2D eigenvalue weighted by molar-refractivity contribution is 0.274. The summed E-state index contributed by atoms with van der Waals surface area (Å²) in [5.74, 6) is 0.126. The van der Waals surface area contributed by atoms with Crippen molar-refractivity contribution in [3.63, 3.8) is 0 Å². The van der Waals surface area contributed by atoms with Gasteiger partial charge in [0.15, 0.2) is 0 Å². The Morgan fingerprint density at radius 2 is 1.81 bits per heavy atom. The lowest BCUT2D eigenvalue weighted by Gasteiger charge is -2.19. The number of rotatable bonds is 7. The number of hydrogen-bond acceptors (Lipinski definition) is 3. The zero-order chi connectivity index (χ0) is 15.1. The molecule has 2 aromatic rings. The van der Waals surface area contributed by atoms with Gasteiger partial charge in [-0.3, -0.25) is 0 Å². The lowest BCUT2D eigenvalue weighted by Crippen LogP contribution is -2.21. The Balaban J connectivity index is 2.07. The van der Waals surface area contributed by atoms with Gasteiger partial charge in [-0.05, 0) is 24.5 Å². The maximum atomic E-state index is 9.95. The molecular formula is C17H20ClNO2. The quantitative estimate of drug-likeness (QED) is 0.732. The molecule has 3 nitrogen and oxygen atoms in total. The molecule has 1 atom stereocenters. The van der Waals surface area contributed by atoms with Crippen LogP contribution in [0.5, 0.6) is 5.75 Å². The van der Waals surface area contributed by atoms with Crippen LogP contribution in [0.2, 0.25) is 5.02 Å². The van der Waals surface area contributed by atoms with Gasteiger partial charge in [0.05, 0.1) is 5.02 Å². The van der Waals surface area contributed by atoms with E-state index in [1.807, 2.05) is 30.3 Å². The van der Waals surface area contributed by atoms with Crippen LogP contribution in [-0.2, 0) is 6.54 Å². The summed E-state index contributed by atoms with van der Waals surface area (Å²) in [4.78, 5) is 0. The first-order valence-corrected chi connectivity index (χ1v) is 7.45. The highest BCUT2D eigenvalue weighted by Gasteiger charge is 2.12. The van der Waals surface area contributed by atoms with E-state index in [0.717, 1.165) is 18.4 Å². The van der Waals surface area contributed by atoms with E-state index in [1.54, 1.807) is 6.07 Å². The molecule has 0 bridgehead atoms. The molecule has 0 fully saturated rings. The zero-order valence-electron chi connectivity index (χ0n) is 11.8. The number of benzene rings is 2. The molecule has 0 aromatic heterocycles. The van der Waals surface area contributed by atoms with Crippen molar-refractivity contribution >= 4 is 11.6 Å². The normalized spacial score (nSPS) is 12.3. The molecule has 112 valence electrons. The Morgan fingerprint density at radius 1 is 1.05 bits per heavy atom. The molecule has 0 aliphatic heterocycles. The molecule has 0 saturated carbocycles. The molecule has 0 amide bonds. The molecule has 0 aliphatic rings. The monoisotopic (exact) mass is 305 g/mol. The van der Waals surface area contributed by atoms with Crippen LogP contribution in [-0.4, -0.2) is 16.8 Å². The fourth-order valence-corrected chi connectivity index (χ4v) is 2.50. The maximum Gasteiger partial charge on any atom is 0.138 e. The smallest absolute Gasteiger partial charge is 0.138 e. The van der Waals surface area contributed by atoms with Gasteiger partial charge < -0.3 is 15.5 Å². The highest BCUT2D eigenvalue weighted by atomic mass is 35.5. The van der Waals surface area contributed by atoms with Gasteiger partial charge >= 0.3 is 0 Å². The van der Waals surface area contributed by atoms with Crippen molar-refractivity contribution in [1.29, 1.82) is 0 Å². The summed E-state index contributed by atoms with van der Waals surface area (Å²) >= 11 is 5.92. The summed E-state index contributed by atoms with van der Waals surface area (Å²) in [6.45, 7) is 0.699. The van der Waals surface area contributed by atoms with E-state index in [9.17, 15) is 5.11 Å². The molecule has 0 heterocycles. The maximum absolute atomic E-state index is 9.95. The topological polar surface area (TPSA) is 52.5 Å². The van der Waals surface area contributed by atoms with Crippen molar-refractivity contribution in [2.75, 3.05) is 6.61 Å². The van der Waals surface area contributed by atoms with Gasteiger partial charge in [-0.15, -0.1) is 0 Å². The number of aliphatic hydroxyl groups excluding tert-OH is 1. The summed E-state index contributed by atoms with van der Waals surface area (Å²) in [6, 6.07) is 15.6. The Hall–Kier alpha value is -1.55. The van der Waals surface area contributed by atoms with Crippen LogP contribution in [0.4, 0.5) is 0 Å². The number of phenols is 1. The SMILES string of the molecule is OCCCC(NCc1cccc(Cl)c1O)c1ccccc1. The number of aromatic hydroxyl groups is 1. The Bertz CT molecular complexity index is 560.